The van der Waals surface area contributed by atoms with Crippen LogP contribution >= 0.6 is 15.9 Å². The number of H-pyrrole nitrogens is 1. The molecule has 3 aromatic rings. The van der Waals surface area contributed by atoms with E-state index in [0.29, 0.717) is 11.5 Å². The SMILES string of the molecule is Cc1ccc(Nc2nc3cc(C(F)(F)F)ccc3[nH]2)cc1Br. The molecule has 114 valence electrons. The summed E-state index contributed by atoms with van der Waals surface area (Å²) >= 11 is 3.43. The zero-order chi connectivity index (χ0) is 15.9. The van der Waals surface area contributed by atoms with Crippen molar-refractivity contribution in [1.29, 1.82) is 0 Å². The van der Waals surface area contributed by atoms with Gasteiger partial charge in [-0.1, -0.05) is 22.0 Å². The zero-order valence-electron chi connectivity index (χ0n) is 11.4. The number of benzene rings is 2. The molecule has 3 rings (SSSR count). The van der Waals surface area contributed by atoms with Crippen LogP contribution in [0.3, 0.4) is 0 Å². The predicted octanol–water partition coefficient (Wildman–Crippen LogP) is 5.40. The minimum Gasteiger partial charge on any atom is -0.326 e. The Morgan fingerprint density at radius 2 is 1.91 bits per heavy atom. The average molecular weight is 370 g/mol. The lowest BCUT2D eigenvalue weighted by Crippen LogP contribution is -2.04. The highest BCUT2D eigenvalue weighted by atomic mass is 79.9. The Labute approximate surface area is 132 Å². The Bertz CT molecular complexity index is 840. The third-order valence-electron chi connectivity index (χ3n) is 3.24. The van der Waals surface area contributed by atoms with Gasteiger partial charge in [-0.05, 0) is 42.8 Å². The first-order chi connectivity index (χ1) is 10.3. The van der Waals surface area contributed by atoms with Crippen molar-refractivity contribution in [2.45, 2.75) is 13.1 Å². The van der Waals surface area contributed by atoms with E-state index in [1.165, 1.54) is 6.07 Å². The standard InChI is InChI=1S/C15H11BrF3N3/c1-8-2-4-10(7-11(8)16)20-14-21-12-5-3-9(15(17,18)19)6-13(12)22-14/h2-7H,1H3,(H2,20,21,22). The Kier molecular flexibility index (Phi) is 3.60. The van der Waals surface area contributed by atoms with Crippen molar-refractivity contribution in [2.24, 2.45) is 0 Å². The van der Waals surface area contributed by atoms with Crippen LogP contribution in [-0.2, 0) is 6.18 Å². The number of alkyl halides is 3. The van der Waals surface area contributed by atoms with Gasteiger partial charge in [-0.15, -0.1) is 0 Å². The van der Waals surface area contributed by atoms with Crippen LogP contribution in [0.5, 0.6) is 0 Å². The monoisotopic (exact) mass is 369 g/mol. The fraction of sp³-hybridized carbons (Fsp3) is 0.133. The number of imidazole rings is 1. The van der Waals surface area contributed by atoms with Gasteiger partial charge in [0.15, 0.2) is 0 Å². The van der Waals surface area contributed by atoms with Gasteiger partial charge in [-0.3, -0.25) is 0 Å². The van der Waals surface area contributed by atoms with E-state index in [4.69, 9.17) is 0 Å². The highest BCUT2D eigenvalue weighted by Gasteiger charge is 2.30. The second-order valence-corrected chi connectivity index (χ2v) is 5.76. The van der Waals surface area contributed by atoms with Gasteiger partial charge in [-0.2, -0.15) is 13.2 Å². The quantitative estimate of drug-likeness (QED) is 0.635. The number of nitrogens with one attached hydrogen (secondary N) is 2. The molecule has 0 amide bonds. The van der Waals surface area contributed by atoms with Crippen LogP contribution in [0.25, 0.3) is 11.0 Å². The van der Waals surface area contributed by atoms with Crippen molar-refractivity contribution >= 4 is 38.6 Å². The number of nitrogens with zero attached hydrogens (tertiary/aromatic N) is 1. The Morgan fingerprint density at radius 3 is 2.59 bits per heavy atom. The smallest absolute Gasteiger partial charge is 0.326 e. The summed E-state index contributed by atoms with van der Waals surface area (Å²) in [5.74, 6) is 0.394. The van der Waals surface area contributed by atoms with E-state index in [1.807, 2.05) is 25.1 Å². The first-order valence-electron chi connectivity index (χ1n) is 6.43. The molecule has 2 aromatic carbocycles. The average Bonchev–Trinajstić information content (AvgIpc) is 2.83. The second-order valence-electron chi connectivity index (χ2n) is 4.90. The van der Waals surface area contributed by atoms with Gasteiger partial charge in [0.25, 0.3) is 0 Å². The van der Waals surface area contributed by atoms with Gasteiger partial charge in [0.1, 0.15) is 0 Å². The summed E-state index contributed by atoms with van der Waals surface area (Å²) in [4.78, 5) is 7.10. The summed E-state index contributed by atoms with van der Waals surface area (Å²) in [5, 5.41) is 3.04. The van der Waals surface area contributed by atoms with Crippen LogP contribution < -0.4 is 5.32 Å². The normalized spacial score (nSPS) is 11.9. The van der Waals surface area contributed by atoms with Gasteiger partial charge in [0.2, 0.25) is 5.95 Å². The fourth-order valence-corrected chi connectivity index (χ4v) is 2.43. The van der Waals surface area contributed by atoms with E-state index in [9.17, 15) is 13.2 Å². The molecule has 0 fully saturated rings. The third-order valence-corrected chi connectivity index (χ3v) is 4.10. The number of hydrogen-bond donors (Lipinski definition) is 2. The summed E-state index contributed by atoms with van der Waals surface area (Å²) in [5.41, 5.74) is 1.97. The van der Waals surface area contributed by atoms with Crippen molar-refractivity contribution < 1.29 is 13.2 Å². The molecule has 0 aliphatic rings. The number of aryl methyl sites for hydroxylation is 1. The van der Waals surface area contributed by atoms with Crippen LogP contribution in [0, 0.1) is 6.92 Å². The van der Waals surface area contributed by atoms with E-state index < -0.39 is 11.7 Å². The van der Waals surface area contributed by atoms with Gasteiger partial charge in [-0.25, -0.2) is 4.98 Å². The minimum atomic E-state index is -4.37. The van der Waals surface area contributed by atoms with E-state index in [0.717, 1.165) is 27.9 Å². The van der Waals surface area contributed by atoms with Crippen LogP contribution in [0.2, 0.25) is 0 Å². The van der Waals surface area contributed by atoms with Crippen molar-refractivity contribution in [3.05, 3.63) is 52.0 Å². The molecule has 0 spiro atoms. The molecule has 7 heteroatoms. The molecule has 0 aliphatic carbocycles. The first kappa shape index (κ1) is 14.9. The zero-order valence-corrected chi connectivity index (χ0v) is 13.0. The molecule has 2 N–H and O–H groups in total. The summed E-state index contributed by atoms with van der Waals surface area (Å²) < 4.78 is 39.0. The van der Waals surface area contributed by atoms with E-state index in [2.05, 4.69) is 31.2 Å². The van der Waals surface area contributed by atoms with E-state index in [-0.39, 0.29) is 5.52 Å². The van der Waals surface area contributed by atoms with E-state index >= 15 is 0 Å². The molecule has 0 saturated heterocycles. The van der Waals surface area contributed by atoms with Crippen molar-refractivity contribution in [3.8, 4) is 0 Å². The van der Waals surface area contributed by atoms with Crippen molar-refractivity contribution in [2.75, 3.05) is 5.32 Å². The summed E-state index contributed by atoms with van der Waals surface area (Å²) in [6.45, 7) is 1.97. The number of hydrogen-bond acceptors (Lipinski definition) is 2. The predicted molar refractivity (Wildman–Crippen MR) is 83.3 cm³/mol. The Balaban J connectivity index is 1.93. The molecular formula is C15H11BrF3N3. The molecular weight excluding hydrogens is 359 g/mol. The van der Waals surface area contributed by atoms with Crippen LogP contribution in [-0.4, -0.2) is 9.97 Å². The molecule has 22 heavy (non-hydrogen) atoms. The molecule has 0 aliphatic heterocycles. The van der Waals surface area contributed by atoms with Crippen LogP contribution in [0.15, 0.2) is 40.9 Å². The number of rotatable bonds is 2. The molecule has 3 nitrogen and oxygen atoms in total. The number of aromatic amines is 1. The van der Waals surface area contributed by atoms with Gasteiger partial charge in [0.05, 0.1) is 16.6 Å². The maximum atomic E-state index is 12.7. The number of halogens is 4. The van der Waals surface area contributed by atoms with Crippen molar-refractivity contribution in [1.82, 2.24) is 9.97 Å². The lowest BCUT2D eigenvalue weighted by atomic mass is 10.2. The van der Waals surface area contributed by atoms with Crippen molar-refractivity contribution in [3.63, 3.8) is 0 Å². The molecule has 0 radical (unpaired) electrons. The van der Waals surface area contributed by atoms with Gasteiger partial charge >= 0.3 is 6.18 Å². The highest BCUT2D eigenvalue weighted by Crippen LogP contribution is 2.31. The van der Waals surface area contributed by atoms with Gasteiger partial charge in [0, 0.05) is 10.2 Å². The molecule has 1 heterocycles. The lowest BCUT2D eigenvalue weighted by Gasteiger charge is -2.04. The molecule has 1 aromatic heterocycles. The largest absolute Gasteiger partial charge is 0.416 e. The molecule has 0 atom stereocenters. The highest BCUT2D eigenvalue weighted by molar-refractivity contribution is 9.10. The Hall–Kier alpha value is -2.02. The maximum absolute atomic E-state index is 12.7. The summed E-state index contributed by atoms with van der Waals surface area (Å²) in [7, 11) is 0. The lowest BCUT2D eigenvalue weighted by molar-refractivity contribution is -0.137. The summed E-state index contributed by atoms with van der Waals surface area (Å²) in [6.07, 6.45) is -4.37. The number of aromatic nitrogens is 2. The molecule has 0 unspecified atom stereocenters. The van der Waals surface area contributed by atoms with E-state index in [1.54, 1.807) is 0 Å². The topological polar surface area (TPSA) is 40.7 Å². The molecule has 0 bridgehead atoms. The summed E-state index contributed by atoms with van der Waals surface area (Å²) in [6, 6.07) is 9.12. The number of anilines is 2. The van der Waals surface area contributed by atoms with Gasteiger partial charge < -0.3 is 10.3 Å². The van der Waals surface area contributed by atoms with Crippen LogP contribution in [0.4, 0.5) is 24.8 Å². The third kappa shape index (κ3) is 2.94. The molecule has 0 saturated carbocycles. The Morgan fingerprint density at radius 1 is 1.14 bits per heavy atom. The fourth-order valence-electron chi connectivity index (χ4n) is 2.05. The number of fused-ring (bicyclic) bond motifs is 1. The minimum absolute atomic E-state index is 0.267. The van der Waals surface area contributed by atoms with Crippen LogP contribution in [0.1, 0.15) is 11.1 Å². The second kappa shape index (κ2) is 5.31. The maximum Gasteiger partial charge on any atom is 0.416 e. The first-order valence-corrected chi connectivity index (χ1v) is 7.22.